The van der Waals surface area contributed by atoms with Gasteiger partial charge in [-0.15, -0.1) is 0 Å². The third kappa shape index (κ3) is 2.79. The number of aryl methyl sites for hydroxylation is 1. The lowest BCUT2D eigenvalue weighted by atomic mass is 9.95. The molecule has 0 saturated carbocycles. The second kappa shape index (κ2) is 5.73. The Kier molecular flexibility index (Phi) is 4.02. The van der Waals surface area contributed by atoms with E-state index in [-0.39, 0.29) is 23.4 Å². The highest BCUT2D eigenvalue weighted by molar-refractivity contribution is 5.76. The molecule has 1 unspecified atom stereocenters. The number of aliphatic carboxylic acids is 1. The quantitative estimate of drug-likeness (QED) is 0.933. The average Bonchev–Trinajstić information content (AvgIpc) is 2.41. The van der Waals surface area contributed by atoms with Gasteiger partial charge in [-0.1, -0.05) is 18.2 Å². The molecule has 6 heteroatoms. The van der Waals surface area contributed by atoms with Gasteiger partial charge in [0.25, 0.3) is 0 Å². The normalized spacial score (nSPS) is 12.2. The van der Waals surface area contributed by atoms with E-state index in [1.807, 2.05) is 0 Å². The summed E-state index contributed by atoms with van der Waals surface area (Å²) in [6.45, 7) is 1.42. The summed E-state index contributed by atoms with van der Waals surface area (Å²) in [5.74, 6) is -3.81. The maximum Gasteiger partial charge on any atom is 0.313 e. The molecule has 1 aromatic carbocycles. The summed E-state index contributed by atoms with van der Waals surface area (Å²) in [5, 5.41) is 9.24. The van der Waals surface area contributed by atoms with Gasteiger partial charge in [0.1, 0.15) is 18.1 Å². The van der Waals surface area contributed by atoms with Crippen molar-refractivity contribution in [2.45, 2.75) is 19.3 Å². The number of hydrogen-bond acceptors (Lipinski definition) is 3. The number of halogens is 2. The van der Waals surface area contributed by atoms with Crippen LogP contribution in [0.1, 0.15) is 22.9 Å². The molecule has 1 heterocycles. The topological polar surface area (TPSA) is 63.1 Å². The first-order chi connectivity index (χ1) is 9.50. The Morgan fingerprint density at radius 1 is 1.30 bits per heavy atom. The van der Waals surface area contributed by atoms with Crippen LogP contribution >= 0.6 is 0 Å². The molecule has 1 aromatic heterocycles. The molecular formula is C14H12F2N2O2. The fourth-order valence-electron chi connectivity index (χ4n) is 1.90. The molecule has 0 aliphatic rings. The summed E-state index contributed by atoms with van der Waals surface area (Å²) in [4.78, 5) is 18.7. The third-order valence-electron chi connectivity index (χ3n) is 3.00. The highest BCUT2D eigenvalue weighted by Crippen LogP contribution is 2.24. The first kappa shape index (κ1) is 14.0. The predicted molar refractivity (Wildman–Crippen MR) is 67.2 cm³/mol. The van der Waals surface area contributed by atoms with E-state index in [2.05, 4.69) is 9.97 Å². The van der Waals surface area contributed by atoms with E-state index in [9.17, 15) is 18.7 Å². The third-order valence-corrected chi connectivity index (χ3v) is 3.00. The van der Waals surface area contributed by atoms with Gasteiger partial charge in [0.15, 0.2) is 5.82 Å². The zero-order valence-electron chi connectivity index (χ0n) is 10.7. The molecule has 0 amide bonds. The van der Waals surface area contributed by atoms with E-state index in [0.29, 0.717) is 0 Å². The molecule has 4 nitrogen and oxygen atoms in total. The van der Waals surface area contributed by atoms with Gasteiger partial charge in [-0.2, -0.15) is 0 Å². The molecule has 0 bridgehead atoms. The van der Waals surface area contributed by atoms with Crippen LogP contribution in [0.3, 0.4) is 0 Å². The number of hydrogen-bond donors (Lipinski definition) is 1. The highest BCUT2D eigenvalue weighted by atomic mass is 19.1. The van der Waals surface area contributed by atoms with Crippen molar-refractivity contribution in [2.75, 3.05) is 0 Å². The molecule has 2 rings (SSSR count). The number of rotatable bonds is 4. The molecule has 0 aliphatic carbocycles. The summed E-state index contributed by atoms with van der Waals surface area (Å²) in [6.07, 6.45) is 0.931. The van der Waals surface area contributed by atoms with Crippen LogP contribution in [-0.2, 0) is 11.2 Å². The SMILES string of the molecule is Cc1ncnc(C(Cc2ccccc2F)C(=O)O)c1F. The van der Waals surface area contributed by atoms with Crippen LogP contribution in [0.4, 0.5) is 8.78 Å². The van der Waals surface area contributed by atoms with Gasteiger partial charge in [-0.05, 0) is 25.0 Å². The molecule has 20 heavy (non-hydrogen) atoms. The molecule has 0 saturated heterocycles. The van der Waals surface area contributed by atoms with Crippen LogP contribution in [0, 0.1) is 18.6 Å². The average molecular weight is 278 g/mol. The molecule has 1 N–H and O–H groups in total. The van der Waals surface area contributed by atoms with Crippen LogP contribution in [-0.4, -0.2) is 21.0 Å². The Morgan fingerprint density at radius 3 is 2.65 bits per heavy atom. The fraction of sp³-hybridized carbons (Fsp3) is 0.214. The van der Waals surface area contributed by atoms with Crippen LogP contribution in [0.15, 0.2) is 30.6 Å². The maximum atomic E-state index is 13.9. The largest absolute Gasteiger partial charge is 0.481 e. The first-order valence-electron chi connectivity index (χ1n) is 5.94. The van der Waals surface area contributed by atoms with Crippen molar-refractivity contribution in [3.63, 3.8) is 0 Å². The van der Waals surface area contributed by atoms with Gasteiger partial charge < -0.3 is 5.11 Å². The van der Waals surface area contributed by atoms with E-state index in [4.69, 9.17) is 0 Å². The lowest BCUT2D eigenvalue weighted by Gasteiger charge is -2.13. The Bertz CT molecular complexity index is 647. The summed E-state index contributed by atoms with van der Waals surface area (Å²) in [5.41, 5.74) is 0.0404. The number of carbonyl (C=O) groups is 1. The van der Waals surface area contributed by atoms with E-state index in [0.717, 1.165) is 6.33 Å². The zero-order chi connectivity index (χ0) is 14.7. The van der Waals surface area contributed by atoms with Gasteiger partial charge in [0.05, 0.1) is 11.4 Å². The number of carboxylic acids is 1. The second-order valence-corrected chi connectivity index (χ2v) is 4.34. The van der Waals surface area contributed by atoms with E-state index in [1.165, 1.54) is 25.1 Å². The van der Waals surface area contributed by atoms with Gasteiger partial charge in [-0.3, -0.25) is 4.79 Å². The van der Waals surface area contributed by atoms with Gasteiger partial charge in [0.2, 0.25) is 0 Å². The van der Waals surface area contributed by atoms with Crippen molar-refractivity contribution in [3.05, 3.63) is 59.2 Å². The smallest absolute Gasteiger partial charge is 0.313 e. The molecular weight excluding hydrogens is 266 g/mol. The van der Waals surface area contributed by atoms with Crippen molar-refractivity contribution >= 4 is 5.97 Å². The molecule has 2 aromatic rings. The molecule has 0 aliphatic heterocycles. The number of carboxylic acid groups (broad SMARTS) is 1. The summed E-state index contributed by atoms with van der Waals surface area (Å²) >= 11 is 0. The van der Waals surface area contributed by atoms with Crippen LogP contribution in [0.5, 0.6) is 0 Å². The predicted octanol–water partition coefficient (Wildman–Crippen LogP) is 2.47. The second-order valence-electron chi connectivity index (χ2n) is 4.34. The fourth-order valence-corrected chi connectivity index (χ4v) is 1.90. The van der Waals surface area contributed by atoms with Crippen molar-refractivity contribution in [3.8, 4) is 0 Å². The molecule has 0 spiro atoms. The number of aromatic nitrogens is 2. The van der Waals surface area contributed by atoms with E-state index < -0.39 is 23.5 Å². The number of benzene rings is 1. The Balaban J connectivity index is 2.40. The summed E-state index contributed by atoms with van der Waals surface area (Å²) in [6, 6.07) is 5.80. The minimum atomic E-state index is -1.26. The highest BCUT2D eigenvalue weighted by Gasteiger charge is 2.27. The van der Waals surface area contributed by atoms with E-state index >= 15 is 0 Å². The lowest BCUT2D eigenvalue weighted by molar-refractivity contribution is -0.139. The lowest BCUT2D eigenvalue weighted by Crippen LogP contribution is -2.19. The van der Waals surface area contributed by atoms with Crippen molar-refractivity contribution < 1.29 is 18.7 Å². The van der Waals surface area contributed by atoms with Crippen molar-refractivity contribution in [1.29, 1.82) is 0 Å². The minimum absolute atomic E-state index is 0.0646. The van der Waals surface area contributed by atoms with Crippen LogP contribution in [0.2, 0.25) is 0 Å². The molecule has 1 atom stereocenters. The first-order valence-corrected chi connectivity index (χ1v) is 5.94. The minimum Gasteiger partial charge on any atom is -0.481 e. The van der Waals surface area contributed by atoms with Crippen LogP contribution in [0.25, 0.3) is 0 Å². The zero-order valence-corrected chi connectivity index (χ0v) is 10.7. The molecule has 104 valence electrons. The van der Waals surface area contributed by atoms with Gasteiger partial charge >= 0.3 is 5.97 Å². The van der Waals surface area contributed by atoms with Gasteiger partial charge in [0, 0.05) is 0 Å². The number of nitrogens with zero attached hydrogens (tertiary/aromatic N) is 2. The Hall–Kier alpha value is -2.37. The van der Waals surface area contributed by atoms with Crippen molar-refractivity contribution in [2.24, 2.45) is 0 Å². The maximum absolute atomic E-state index is 13.9. The Morgan fingerprint density at radius 2 is 2.00 bits per heavy atom. The van der Waals surface area contributed by atoms with Gasteiger partial charge in [-0.25, -0.2) is 18.7 Å². The monoisotopic (exact) mass is 278 g/mol. The standard InChI is InChI=1S/C14H12F2N2O2/c1-8-12(16)13(18-7-17-8)10(14(19)20)6-9-4-2-3-5-11(9)15/h2-5,7,10H,6H2,1H3,(H,19,20). The van der Waals surface area contributed by atoms with Crippen LogP contribution < -0.4 is 0 Å². The molecule has 0 radical (unpaired) electrons. The molecule has 0 fully saturated rings. The summed E-state index contributed by atoms with van der Waals surface area (Å²) in [7, 11) is 0. The van der Waals surface area contributed by atoms with Crippen molar-refractivity contribution in [1.82, 2.24) is 9.97 Å². The Labute approximate surface area is 114 Å². The summed E-state index contributed by atoms with van der Waals surface area (Å²) < 4.78 is 27.5. The van der Waals surface area contributed by atoms with E-state index in [1.54, 1.807) is 6.07 Å².